The van der Waals surface area contributed by atoms with Gasteiger partial charge in [0.15, 0.2) is 11.6 Å². The summed E-state index contributed by atoms with van der Waals surface area (Å²) >= 11 is 0. The van der Waals surface area contributed by atoms with Crippen LogP contribution >= 0.6 is 0 Å². The first-order valence-corrected chi connectivity index (χ1v) is 7.42. The van der Waals surface area contributed by atoms with Gasteiger partial charge in [0.05, 0.1) is 6.20 Å². The van der Waals surface area contributed by atoms with Crippen LogP contribution in [0.5, 0.6) is 0 Å². The summed E-state index contributed by atoms with van der Waals surface area (Å²) in [5.41, 5.74) is 3.59. The highest BCUT2D eigenvalue weighted by molar-refractivity contribution is 5.63. The number of rotatable bonds is 4. The van der Waals surface area contributed by atoms with E-state index in [0.717, 1.165) is 18.5 Å². The number of aromatic nitrogens is 2. The van der Waals surface area contributed by atoms with Gasteiger partial charge in [-0.15, -0.1) is 0 Å². The SMILES string of the molecule is CCNc1ncc(F)c(Nc2cccc3c2CCCC3)n1. The van der Waals surface area contributed by atoms with Crippen molar-refractivity contribution in [1.29, 1.82) is 0 Å². The summed E-state index contributed by atoms with van der Waals surface area (Å²) in [5.74, 6) is 0.219. The zero-order valence-electron chi connectivity index (χ0n) is 12.1. The maximum absolute atomic E-state index is 13.9. The predicted molar refractivity (Wildman–Crippen MR) is 82.5 cm³/mol. The fourth-order valence-electron chi connectivity index (χ4n) is 2.72. The molecule has 0 amide bonds. The Hall–Kier alpha value is -2.17. The van der Waals surface area contributed by atoms with Crippen LogP contribution in [0.1, 0.15) is 30.9 Å². The monoisotopic (exact) mass is 286 g/mol. The minimum absolute atomic E-state index is 0.222. The molecule has 0 saturated carbocycles. The van der Waals surface area contributed by atoms with Gasteiger partial charge in [-0.05, 0) is 49.8 Å². The van der Waals surface area contributed by atoms with Gasteiger partial charge in [-0.3, -0.25) is 0 Å². The number of nitrogens with one attached hydrogen (secondary N) is 2. The molecule has 1 heterocycles. The van der Waals surface area contributed by atoms with Crippen LogP contribution in [0.2, 0.25) is 0 Å². The van der Waals surface area contributed by atoms with Crippen molar-refractivity contribution in [3.05, 3.63) is 41.3 Å². The van der Waals surface area contributed by atoms with E-state index in [-0.39, 0.29) is 5.82 Å². The van der Waals surface area contributed by atoms with Crippen LogP contribution in [0.15, 0.2) is 24.4 Å². The lowest BCUT2D eigenvalue weighted by atomic mass is 9.90. The second kappa shape index (κ2) is 6.08. The first kappa shape index (κ1) is 13.8. The molecule has 0 aliphatic heterocycles. The van der Waals surface area contributed by atoms with Gasteiger partial charge in [0.25, 0.3) is 0 Å². The number of aryl methyl sites for hydroxylation is 1. The standard InChI is InChI=1S/C16H19FN4/c1-2-18-16-19-10-13(17)15(21-16)20-14-9-5-7-11-6-3-4-8-12(11)14/h5,7,9-10H,2-4,6,8H2,1H3,(H2,18,19,20,21). The summed E-state index contributed by atoms with van der Waals surface area (Å²) in [5, 5.41) is 6.13. The molecule has 4 nitrogen and oxygen atoms in total. The van der Waals surface area contributed by atoms with E-state index in [9.17, 15) is 4.39 Å². The van der Waals surface area contributed by atoms with E-state index in [1.54, 1.807) is 0 Å². The minimum Gasteiger partial charge on any atom is -0.354 e. The van der Waals surface area contributed by atoms with E-state index >= 15 is 0 Å². The molecule has 0 spiro atoms. The van der Waals surface area contributed by atoms with E-state index in [1.807, 2.05) is 19.1 Å². The molecule has 21 heavy (non-hydrogen) atoms. The van der Waals surface area contributed by atoms with Crippen molar-refractivity contribution in [2.45, 2.75) is 32.6 Å². The molecule has 0 bridgehead atoms. The third kappa shape index (κ3) is 2.96. The molecule has 0 fully saturated rings. The van der Waals surface area contributed by atoms with Crippen LogP contribution in [0.4, 0.5) is 21.8 Å². The molecule has 0 unspecified atom stereocenters. The molecule has 3 rings (SSSR count). The van der Waals surface area contributed by atoms with Gasteiger partial charge in [0, 0.05) is 12.2 Å². The molecule has 0 atom stereocenters. The van der Waals surface area contributed by atoms with Gasteiger partial charge < -0.3 is 10.6 Å². The Morgan fingerprint density at radius 1 is 1.24 bits per heavy atom. The molecule has 0 saturated heterocycles. The number of fused-ring (bicyclic) bond motifs is 1. The number of hydrogen-bond acceptors (Lipinski definition) is 4. The zero-order valence-corrected chi connectivity index (χ0v) is 12.1. The number of nitrogens with zero attached hydrogens (tertiary/aromatic N) is 2. The van der Waals surface area contributed by atoms with Crippen LogP contribution in [0.25, 0.3) is 0 Å². The van der Waals surface area contributed by atoms with Crippen molar-refractivity contribution in [1.82, 2.24) is 9.97 Å². The molecule has 110 valence electrons. The van der Waals surface area contributed by atoms with Gasteiger partial charge in [-0.1, -0.05) is 12.1 Å². The summed E-state index contributed by atoms with van der Waals surface area (Å²) in [7, 11) is 0. The third-order valence-electron chi connectivity index (χ3n) is 3.73. The van der Waals surface area contributed by atoms with E-state index < -0.39 is 5.82 Å². The van der Waals surface area contributed by atoms with E-state index in [4.69, 9.17) is 0 Å². The minimum atomic E-state index is -0.440. The molecule has 0 radical (unpaired) electrons. The average molecular weight is 286 g/mol. The molecule has 1 aromatic heterocycles. The number of halogens is 1. The Morgan fingerprint density at radius 3 is 2.95 bits per heavy atom. The first-order valence-electron chi connectivity index (χ1n) is 7.42. The average Bonchev–Trinajstić information content (AvgIpc) is 2.51. The van der Waals surface area contributed by atoms with Crippen molar-refractivity contribution in [3.8, 4) is 0 Å². The summed E-state index contributed by atoms with van der Waals surface area (Å²) in [6, 6.07) is 6.15. The maximum atomic E-state index is 13.9. The highest BCUT2D eigenvalue weighted by atomic mass is 19.1. The van der Waals surface area contributed by atoms with Crippen LogP contribution < -0.4 is 10.6 Å². The molecule has 2 aromatic rings. The van der Waals surface area contributed by atoms with Crippen molar-refractivity contribution < 1.29 is 4.39 Å². The fraction of sp³-hybridized carbons (Fsp3) is 0.375. The van der Waals surface area contributed by atoms with Crippen LogP contribution in [-0.4, -0.2) is 16.5 Å². The van der Waals surface area contributed by atoms with Gasteiger partial charge in [-0.2, -0.15) is 4.98 Å². The molecular formula is C16H19FN4. The van der Waals surface area contributed by atoms with E-state index in [0.29, 0.717) is 12.5 Å². The van der Waals surface area contributed by atoms with Crippen molar-refractivity contribution in [2.75, 3.05) is 17.2 Å². The maximum Gasteiger partial charge on any atom is 0.224 e. The Balaban J connectivity index is 1.91. The quantitative estimate of drug-likeness (QED) is 0.900. The number of hydrogen-bond donors (Lipinski definition) is 2. The second-order valence-corrected chi connectivity index (χ2v) is 5.20. The Bertz CT molecular complexity index is 642. The molecule has 1 aliphatic carbocycles. The molecule has 1 aliphatic rings. The zero-order chi connectivity index (χ0) is 14.7. The Labute approximate surface area is 123 Å². The van der Waals surface area contributed by atoms with Gasteiger partial charge in [-0.25, -0.2) is 9.37 Å². The van der Waals surface area contributed by atoms with E-state index in [1.165, 1.54) is 30.2 Å². The molecular weight excluding hydrogens is 267 g/mol. The molecule has 2 N–H and O–H groups in total. The lowest BCUT2D eigenvalue weighted by Crippen LogP contribution is -2.09. The molecule has 5 heteroatoms. The summed E-state index contributed by atoms with van der Waals surface area (Å²) in [6.45, 7) is 2.65. The van der Waals surface area contributed by atoms with Crippen LogP contribution in [0, 0.1) is 5.82 Å². The highest BCUT2D eigenvalue weighted by Gasteiger charge is 2.15. The van der Waals surface area contributed by atoms with Crippen LogP contribution in [-0.2, 0) is 12.8 Å². The van der Waals surface area contributed by atoms with Crippen molar-refractivity contribution in [3.63, 3.8) is 0 Å². The normalized spacial score (nSPS) is 13.6. The Morgan fingerprint density at radius 2 is 2.10 bits per heavy atom. The highest BCUT2D eigenvalue weighted by Crippen LogP contribution is 2.30. The Kier molecular flexibility index (Phi) is 3.99. The summed E-state index contributed by atoms with van der Waals surface area (Å²) < 4.78 is 13.9. The van der Waals surface area contributed by atoms with Crippen LogP contribution in [0.3, 0.4) is 0 Å². The smallest absolute Gasteiger partial charge is 0.224 e. The van der Waals surface area contributed by atoms with Gasteiger partial charge in [0.2, 0.25) is 5.95 Å². The first-order chi connectivity index (χ1) is 10.3. The lowest BCUT2D eigenvalue weighted by molar-refractivity contribution is 0.619. The second-order valence-electron chi connectivity index (χ2n) is 5.20. The van der Waals surface area contributed by atoms with Gasteiger partial charge in [0.1, 0.15) is 0 Å². The number of benzene rings is 1. The topological polar surface area (TPSA) is 49.8 Å². The number of anilines is 3. The fourth-order valence-corrected chi connectivity index (χ4v) is 2.72. The van der Waals surface area contributed by atoms with Gasteiger partial charge >= 0.3 is 0 Å². The largest absolute Gasteiger partial charge is 0.354 e. The molecule has 1 aromatic carbocycles. The summed E-state index contributed by atoms with van der Waals surface area (Å²) in [4.78, 5) is 8.12. The summed E-state index contributed by atoms with van der Waals surface area (Å²) in [6.07, 6.45) is 5.73. The predicted octanol–water partition coefficient (Wildman–Crippen LogP) is 3.67. The van der Waals surface area contributed by atoms with E-state index in [2.05, 4.69) is 26.7 Å². The van der Waals surface area contributed by atoms with Crippen molar-refractivity contribution in [2.24, 2.45) is 0 Å². The third-order valence-corrected chi connectivity index (χ3v) is 3.73. The lowest BCUT2D eigenvalue weighted by Gasteiger charge is -2.20. The van der Waals surface area contributed by atoms with Crippen molar-refractivity contribution >= 4 is 17.5 Å².